The molecular formula is C14H25N3O. The highest BCUT2D eigenvalue weighted by Crippen LogP contribution is 2.39. The van der Waals surface area contributed by atoms with Gasteiger partial charge in [0.1, 0.15) is 0 Å². The third kappa shape index (κ3) is 2.74. The summed E-state index contributed by atoms with van der Waals surface area (Å²) in [5.74, 6) is 2.55. The number of aromatic nitrogens is 2. The Bertz CT molecular complexity index is 388. The molecule has 0 aliphatic heterocycles. The number of rotatable bonds is 3. The number of nitrogens with two attached hydrogens (primary N) is 1. The predicted octanol–water partition coefficient (Wildman–Crippen LogP) is 2.99. The van der Waals surface area contributed by atoms with Crippen molar-refractivity contribution in [2.24, 2.45) is 11.7 Å². The maximum atomic E-state index is 5.86. The molecule has 0 saturated heterocycles. The molecule has 4 nitrogen and oxygen atoms in total. The van der Waals surface area contributed by atoms with Crippen molar-refractivity contribution in [3.8, 4) is 0 Å². The number of hydrogen-bond donors (Lipinski definition) is 1. The quantitative estimate of drug-likeness (QED) is 0.839. The molecule has 0 spiro atoms. The third-order valence-corrected chi connectivity index (χ3v) is 4.23. The lowest BCUT2D eigenvalue weighted by Crippen LogP contribution is -2.22. The second-order valence-corrected chi connectivity index (χ2v) is 6.19. The van der Waals surface area contributed by atoms with Gasteiger partial charge in [0, 0.05) is 11.3 Å². The van der Waals surface area contributed by atoms with Gasteiger partial charge >= 0.3 is 0 Å². The molecule has 1 saturated carbocycles. The molecule has 2 N–H and O–H groups in total. The highest BCUT2D eigenvalue weighted by atomic mass is 16.4. The van der Waals surface area contributed by atoms with Gasteiger partial charge in [-0.05, 0) is 38.1 Å². The Morgan fingerprint density at radius 3 is 2.72 bits per heavy atom. The zero-order chi connectivity index (χ0) is 13.2. The van der Waals surface area contributed by atoms with Crippen LogP contribution in [0.2, 0.25) is 0 Å². The van der Waals surface area contributed by atoms with Gasteiger partial charge in [0.2, 0.25) is 11.8 Å². The van der Waals surface area contributed by atoms with E-state index in [4.69, 9.17) is 10.2 Å². The van der Waals surface area contributed by atoms with E-state index in [1.807, 2.05) is 0 Å². The topological polar surface area (TPSA) is 64.9 Å². The Balaban J connectivity index is 2.14. The predicted molar refractivity (Wildman–Crippen MR) is 71.4 cm³/mol. The van der Waals surface area contributed by atoms with Crippen molar-refractivity contribution in [1.82, 2.24) is 10.2 Å². The van der Waals surface area contributed by atoms with Crippen LogP contribution in [0.1, 0.15) is 70.6 Å². The smallest absolute Gasteiger partial charge is 0.222 e. The molecule has 18 heavy (non-hydrogen) atoms. The molecule has 0 amide bonds. The van der Waals surface area contributed by atoms with Crippen molar-refractivity contribution in [2.45, 2.75) is 64.2 Å². The van der Waals surface area contributed by atoms with Gasteiger partial charge < -0.3 is 10.2 Å². The molecule has 0 radical (unpaired) electrons. The lowest BCUT2D eigenvalue weighted by molar-refractivity contribution is 0.293. The van der Waals surface area contributed by atoms with Gasteiger partial charge in [0.25, 0.3) is 0 Å². The highest BCUT2D eigenvalue weighted by Gasteiger charge is 2.35. The Morgan fingerprint density at radius 1 is 1.33 bits per heavy atom. The fourth-order valence-corrected chi connectivity index (χ4v) is 2.73. The first kappa shape index (κ1) is 13.5. The van der Waals surface area contributed by atoms with Crippen molar-refractivity contribution < 1.29 is 4.42 Å². The van der Waals surface area contributed by atoms with Crippen LogP contribution in [0, 0.1) is 5.92 Å². The van der Waals surface area contributed by atoms with E-state index in [9.17, 15) is 0 Å². The third-order valence-electron chi connectivity index (χ3n) is 4.23. The van der Waals surface area contributed by atoms with E-state index < -0.39 is 0 Å². The summed E-state index contributed by atoms with van der Waals surface area (Å²) in [5, 5.41) is 8.44. The van der Waals surface area contributed by atoms with Crippen LogP contribution in [0.5, 0.6) is 0 Å². The van der Waals surface area contributed by atoms with Gasteiger partial charge in [-0.2, -0.15) is 0 Å². The zero-order valence-electron chi connectivity index (χ0n) is 11.8. The molecular weight excluding hydrogens is 226 g/mol. The summed E-state index contributed by atoms with van der Waals surface area (Å²) in [6.07, 6.45) is 5.85. The Morgan fingerprint density at radius 2 is 2.11 bits per heavy atom. The molecule has 0 aromatic carbocycles. The monoisotopic (exact) mass is 251 g/mol. The molecule has 4 heteroatoms. The normalized spacial score (nSPS) is 29.5. The average Bonchev–Trinajstić information content (AvgIpc) is 2.76. The fourth-order valence-electron chi connectivity index (χ4n) is 2.73. The van der Waals surface area contributed by atoms with Crippen LogP contribution in [0.15, 0.2) is 4.42 Å². The van der Waals surface area contributed by atoms with E-state index in [-0.39, 0.29) is 5.41 Å². The maximum absolute atomic E-state index is 5.86. The first-order valence-corrected chi connectivity index (χ1v) is 7.09. The minimum atomic E-state index is 0.0457. The molecule has 0 bridgehead atoms. The van der Waals surface area contributed by atoms with Crippen LogP contribution in [0.3, 0.4) is 0 Å². The van der Waals surface area contributed by atoms with Crippen LogP contribution in [-0.2, 0) is 5.41 Å². The van der Waals surface area contributed by atoms with Gasteiger partial charge in [-0.15, -0.1) is 10.2 Å². The van der Waals surface area contributed by atoms with Gasteiger partial charge in [0.15, 0.2) is 0 Å². The first-order chi connectivity index (χ1) is 8.55. The average molecular weight is 251 g/mol. The summed E-state index contributed by atoms with van der Waals surface area (Å²) < 4.78 is 5.86. The second-order valence-electron chi connectivity index (χ2n) is 6.19. The molecule has 1 fully saturated rings. The molecule has 1 aliphatic carbocycles. The molecule has 2 rings (SSSR count). The summed E-state index contributed by atoms with van der Waals surface area (Å²) >= 11 is 0. The number of nitrogens with zero attached hydrogens (tertiary/aromatic N) is 2. The van der Waals surface area contributed by atoms with Crippen LogP contribution in [-0.4, -0.2) is 16.7 Å². The van der Waals surface area contributed by atoms with Crippen LogP contribution in [0.4, 0.5) is 0 Å². The van der Waals surface area contributed by atoms with Crippen molar-refractivity contribution in [1.29, 1.82) is 0 Å². The van der Waals surface area contributed by atoms with Crippen LogP contribution < -0.4 is 5.73 Å². The summed E-state index contributed by atoms with van der Waals surface area (Å²) in [6, 6.07) is 0. The molecule has 1 aromatic rings. The summed E-state index contributed by atoms with van der Waals surface area (Å²) in [7, 11) is 0. The van der Waals surface area contributed by atoms with E-state index >= 15 is 0 Å². The lowest BCUT2D eigenvalue weighted by atomic mass is 9.82. The SMILES string of the molecule is CC(C)c1nnc(C2(C)CCCC(CN)CC2)o1. The van der Waals surface area contributed by atoms with Crippen molar-refractivity contribution >= 4 is 0 Å². The zero-order valence-corrected chi connectivity index (χ0v) is 11.8. The Hall–Kier alpha value is -0.900. The van der Waals surface area contributed by atoms with E-state index in [1.54, 1.807) is 0 Å². The highest BCUT2D eigenvalue weighted by molar-refractivity contribution is 5.04. The van der Waals surface area contributed by atoms with Crippen LogP contribution in [0.25, 0.3) is 0 Å². The van der Waals surface area contributed by atoms with Crippen molar-refractivity contribution in [2.75, 3.05) is 6.54 Å². The van der Waals surface area contributed by atoms with E-state index in [1.165, 1.54) is 19.3 Å². The standard InChI is InChI=1S/C14H25N3O/c1-10(2)12-16-17-13(18-12)14(3)7-4-5-11(9-15)6-8-14/h10-11H,4-9,15H2,1-3H3. The van der Waals surface area contributed by atoms with Crippen LogP contribution >= 0.6 is 0 Å². The number of hydrogen-bond acceptors (Lipinski definition) is 4. The summed E-state index contributed by atoms with van der Waals surface area (Å²) in [6.45, 7) is 7.22. The van der Waals surface area contributed by atoms with Crippen molar-refractivity contribution in [3.63, 3.8) is 0 Å². The van der Waals surface area contributed by atoms with Gasteiger partial charge in [-0.3, -0.25) is 0 Å². The van der Waals surface area contributed by atoms with Gasteiger partial charge in [0.05, 0.1) is 0 Å². The van der Waals surface area contributed by atoms with Gasteiger partial charge in [-0.25, -0.2) is 0 Å². The molecule has 2 unspecified atom stereocenters. The molecule has 102 valence electrons. The molecule has 1 aromatic heterocycles. The van der Waals surface area contributed by atoms with E-state index in [0.717, 1.165) is 31.2 Å². The minimum Gasteiger partial charge on any atom is -0.424 e. The first-order valence-electron chi connectivity index (χ1n) is 7.09. The largest absolute Gasteiger partial charge is 0.424 e. The van der Waals surface area contributed by atoms with E-state index in [0.29, 0.717) is 11.8 Å². The molecule has 1 aliphatic rings. The Labute approximate surface area is 109 Å². The van der Waals surface area contributed by atoms with E-state index in [2.05, 4.69) is 31.0 Å². The minimum absolute atomic E-state index is 0.0457. The fraction of sp³-hybridized carbons (Fsp3) is 0.857. The summed E-state index contributed by atoms with van der Waals surface area (Å²) in [4.78, 5) is 0. The summed E-state index contributed by atoms with van der Waals surface area (Å²) in [5.41, 5.74) is 5.84. The Kier molecular flexibility index (Phi) is 4.05. The molecule has 2 atom stereocenters. The lowest BCUT2D eigenvalue weighted by Gasteiger charge is -2.23. The van der Waals surface area contributed by atoms with Crippen molar-refractivity contribution in [3.05, 3.63) is 11.8 Å². The van der Waals surface area contributed by atoms with Gasteiger partial charge in [-0.1, -0.05) is 27.2 Å². The maximum Gasteiger partial charge on any atom is 0.222 e. The second kappa shape index (κ2) is 5.39. The molecule has 1 heterocycles.